The molecule has 0 atom stereocenters. The molecule has 2 aromatic rings. The van der Waals surface area contributed by atoms with Crippen LogP contribution in [-0.4, -0.2) is 9.55 Å². The fourth-order valence-electron chi connectivity index (χ4n) is 2.02. The van der Waals surface area contributed by atoms with Crippen molar-refractivity contribution in [3.05, 3.63) is 41.7 Å². The zero-order chi connectivity index (χ0) is 12.3. The highest BCUT2D eigenvalue weighted by molar-refractivity contribution is 5.75. The van der Waals surface area contributed by atoms with Crippen LogP contribution in [-0.2, 0) is 13.0 Å². The lowest BCUT2D eigenvalue weighted by Crippen LogP contribution is -2.02. The first-order valence-corrected chi connectivity index (χ1v) is 6.30. The largest absolute Gasteiger partial charge is 0.324 e. The maximum atomic E-state index is 4.71. The second-order valence-corrected chi connectivity index (χ2v) is 4.66. The Morgan fingerprint density at radius 1 is 1.29 bits per heavy atom. The van der Waals surface area contributed by atoms with E-state index in [4.69, 9.17) is 4.98 Å². The summed E-state index contributed by atoms with van der Waals surface area (Å²) in [5.41, 5.74) is 3.71. The van der Waals surface area contributed by atoms with E-state index in [9.17, 15) is 0 Å². The van der Waals surface area contributed by atoms with Gasteiger partial charge in [-0.1, -0.05) is 30.7 Å². The lowest BCUT2D eigenvalue weighted by atomic mass is 10.3. The lowest BCUT2D eigenvalue weighted by Gasteiger charge is -2.05. The van der Waals surface area contributed by atoms with Crippen LogP contribution >= 0.6 is 0 Å². The van der Waals surface area contributed by atoms with Gasteiger partial charge in [-0.05, 0) is 32.4 Å². The molecule has 2 heteroatoms. The Morgan fingerprint density at radius 2 is 2.06 bits per heavy atom. The molecule has 2 nitrogen and oxygen atoms in total. The zero-order valence-electron chi connectivity index (χ0n) is 10.9. The van der Waals surface area contributed by atoms with Crippen LogP contribution in [0.5, 0.6) is 0 Å². The predicted molar refractivity (Wildman–Crippen MR) is 73.2 cm³/mol. The Bertz CT molecular complexity index is 531. The van der Waals surface area contributed by atoms with Crippen LogP contribution in [0, 0.1) is 0 Å². The van der Waals surface area contributed by atoms with Crippen LogP contribution in [0.3, 0.4) is 0 Å². The molecule has 0 radical (unpaired) electrons. The molecular weight excluding hydrogens is 208 g/mol. The molecule has 0 aliphatic carbocycles. The first-order chi connectivity index (χ1) is 8.22. The first kappa shape index (κ1) is 11.9. The van der Waals surface area contributed by atoms with Crippen molar-refractivity contribution in [3.63, 3.8) is 0 Å². The minimum absolute atomic E-state index is 0.929. The van der Waals surface area contributed by atoms with Gasteiger partial charge >= 0.3 is 0 Å². The fraction of sp³-hybridized carbons (Fsp3) is 0.400. The van der Waals surface area contributed by atoms with Crippen molar-refractivity contribution in [2.45, 2.75) is 40.2 Å². The summed E-state index contributed by atoms with van der Waals surface area (Å²) < 4.78 is 2.33. The van der Waals surface area contributed by atoms with Crippen molar-refractivity contribution < 1.29 is 0 Å². The molecule has 0 spiro atoms. The highest BCUT2D eigenvalue weighted by atomic mass is 15.1. The van der Waals surface area contributed by atoms with E-state index in [0.717, 1.165) is 24.9 Å². The Labute approximate surface area is 103 Å². The monoisotopic (exact) mass is 228 g/mol. The van der Waals surface area contributed by atoms with Gasteiger partial charge in [0.2, 0.25) is 0 Å². The number of aryl methyl sites for hydroxylation is 1. The number of aromatic nitrogens is 2. The summed E-state index contributed by atoms with van der Waals surface area (Å²) in [6, 6.07) is 8.38. The highest BCUT2D eigenvalue weighted by Gasteiger charge is 2.07. The molecule has 0 unspecified atom stereocenters. The van der Waals surface area contributed by atoms with Gasteiger partial charge < -0.3 is 4.57 Å². The molecule has 0 saturated carbocycles. The third kappa shape index (κ3) is 2.57. The van der Waals surface area contributed by atoms with Crippen LogP contribution in [0.1, 0.15) is 33.0 Å². The smallest absolute Gasteiger partial charge is 0.110 e. The molecule has 1 aromatic carbocycles. The summed E-state index contributed by atoms with van der Waals surface area (Å²) >= 11 is 0. The molecular formula is C15H20N2. The van der Waals surface area contributed by atoms with Gasteiger partial charge in [0.05, 0.1) is 11.0 Å². The second-order valence-electron chi connectivity index (χ2n) is 4.66. The number of imidazole rings is 1. The van der Waals surface area contributed by atoms with Crippen LogP contribution in [0.15, 0.2) is 35.9 Å². The number of hydrogen-bond acceptors (Lipinski definition) is 1. The molecule has 2 rings (SSSR count). The van der Waals surface area contributed by atoms with Crippen molar-refractivity contribution in [1.29, 1.82) is 0 Å². The molecule has 0 saturated heterocycles. The van der Waals surface area contributed by atoms with E-state index in [1.54, 1.807) is 0 Å². The number of hydrogen-bond donors (Lipinski definition) is 0. The van der Waals surface area contributed by atoms with Gasteiger partial charge in [-0.2, -0.15) is 0 Å². The van der Waals surface area contributed by atoms with E-state index in [1.807, 2.05) is 0 Å². The third-order valence-corrected chi connectivity index (χ3v) is 2.89. The van der Waals surface area contributed by atoms with Crippen molar-refractivity contribution >= 4 is 11.0 Å². The summed E-state index contributed by atoms with van der Waals surface area (Å²) in [6.07, 6.45) is 4.44. The topological polar surface area (TPSA) is 17.8 Å². The molecule has 1 heterocycles. The zero-order valence-corrected chi connectivity index (χ0v) is 10.9. The van der Waals surface area contributed by atoms with E-state index in [1.165, 1.54) is 16.9 Å². The number of para-hydroxylation sites is 2. The van der Waals surface area contributed by atoms with E-state index >= 15 is 0 Å². The van der Waals surface area contributed by atoms with Crippen molar-refractivity contribution in [3.8, 4) is 0 Å². The molecule has 0 aliphatic heterocycles. The number of nitrogens with zero attached hydrogens (tertiary/aromatic N) is 2. The number of fused-ring (bicyclic) bond motifs is 1. The molecule has 17 heavy (non-hydrogen) atoms. The van der Waals surface area contributed by atoms with E-state index in [2.05, 4.69) is 55.7 Å². The summed E-state index contributed by atoms with van der Waals surface area (Å²) in [5, 5.41) is 0. The van der Waals surface area contributed by atoms with Gasteiger partial charge in [0, 0.05) is 13.0 Å². The normalized spacial score (nSPS) is 10.8. The lowest BCUT2D eigenvalue weighted by molar-refractivity contribution is 0.730. The molecule has 0 aliphatic rings. The third-order valence-electron chi connectivity index (χ3n) is 2.89. The molecule has 1 aromatic heterocycles. The predicted octanol–water partition coefficient (Wildman–Crippen LogP) is 3.96. The SMILES string of the molecule is CCCc1nc2ccccc2n1CC=C(C)C. The van der Waals surface area contributed by atoms with Gasteiger partial charge in [-0.15, -0.1) is 0 Å². The van der Waals surface area contributed by atoms with Crippen LogP contribution in [0.25, 0.3) is 11.0 Å². The maximum absolute atomic E-state index is 4.71. The molecule has 0 bridgehead atoms. The Hall–Kier alpha value is -1.57. The summed E-state index contributed by atoms with van der Waals surface area (Å²) in [4.78, 5) is 4.71. The van der Waals surface area contributed by atoms with Crippen LogP contribution in [0.4, 0.5) is 0 Å². The van der Waals surface area contributed by atoms with Crippen molar-refractivity contribution in [2.75, 3.05) is 0 Å². The quantitative estimate of drug-likeness (QED) is 0.724. The Morgan fingerprint density at radius 3 is 2.76 bits per heavy atom. The van der Waals surface area contributed by atoms with Gasteiger partial charge in [0.25, 0.3) is 0 Å². The number of rotatable bonds is 4. The van der Waals surface area contributed by atoms with Gasteiger partial charge in [0.1, 0.15) is 5.82 Å². The van der Waals surface area contributed by atoms with Gasteiger partial charge in [-0.25, -0.2) is 4.98 Å². The van der Waals surface area contributed by atoms with Crippen LogP contribution < -0.4 is 0 Å². The summed E-state index contributed by atoms with van der Waals surface area (Å²) in [7, 11) is 0. The molecule has 90 valence electrons. The summed E-state index contributed by atoms with van der Waals surface area (Å²) in [5.74, 6) is 1.20. The second kappa shape index (κ2) is 5.17. The number of allylic oxidation sites excluding steroid dienone is 2. The average molecular weight is 228 g/mol. The maximum Gasteiger partial charge on any atom is 0.110 e. The van der Waals surface area contributed by atoms with E-state index < -0.39 is 0 Å². The summed E-state index contributed by atoms with van der Waals surface area (Å²) in [6.45, 7) is 7.40. The molecule has 0 fully saturated rings. The molecule has 0 amide bonds. The Kier molecular flexibility index (Phi) is 3.62. The van der Waals surface area contributed by atoms with Crippen LogP contribution in [0.2, 0.25) is 0 Å². The average Bonchev–Trinajstić information content (AvgIpc) is 2.64. The van der Waals surface area contributed by atoms with E-state index in [0.29, 0.717) is 0 Å². The van der Waals surface area contributed by atoms with Crippen molar-refractivity contribution in [1.82, 2.24) is 9.55 Å². The van der Waals surface area contributed by atoms with E-state index in [-0.39, 0.29) is 0 Å². The fourth-order valence-corrected chi connectivity index (χ4v) is 2.02. The molecule has 0 N–H and O–H groups in total. The minimum atomic E-state index is 0.929. The number of benzene rings is 1. The Balaban J connectivity index is 2.47. The van der Waals surface area contributed by atoms with Gasteiger partial charge in [-0.3, -0.25) is 0 Å². The standard InChI is InChI=1S/C15H20N2/c1-4-7-15-16-13-8-5-6-9-14(13)17(15)11-10-12(2)3/h5-6,8-10H,4,7,11H2,1-3H3. The highest BCUT2D eigenvalue weighted by Crippen LogP contribution is 2.17. The minimum Gasteiger partial charge on any atom is -0.324 e. The van der Waals surface area contributed by atoms with Gasteiger partial charge in [0.15, 0.2) is 0 Å². The van der Waals surface area contributed by atoms with Crippen molar-refractivity contribution in [2.24, 2.45) is 0 Å². The first-order valence-electron chi connectivity index (χ1n) is 6.30.